The predicted octanol–water partition coefficient (Wildman–Crippen LogP) is 3.78. The number of amides is 4. The molecule has 5 N–H and O–H groups in total. The van der Waals surface area contributed by atoms with Crippen LogP contribution in [0.3, 0.4) is 0 Å². The fourth-order valence-electron chi connectivity index (χ4n) is 6.19. The maximum Gasteiger partial charge on any atom is 0.314 e. The summed E-state index contributed by atoms with van der Waals surface area (Å²) in [5.74, 6) is -2.99. The average molecular weight is 785 g/mol. The van der Waals surface area contributed by atoms with E-state index >= 15 is 0 Å². The summed E-state index contributed by atoms with van der Waals surface area (Å²) >= 11 is 0. The first kappa shape index (κ1) is 40.5. The quantitative estimate of drug-likeness (QED) is 0.169. The zero-order chi connectivity index (χ0) is 41.0. The van der Waals surface area contributed by atoms with Gasteiger partial charge in [-0.1, -0.05) is 24.3 Å². The van der Waals surface area contributed by atoms with Crippen LogP contribution in [0.5, 0.6) is 0 Å². The Bertz CT molecular complexity index is 2370. The molecule has 17 nitrogen and oxygen atoms in total. The standard InChI is InChI=1S/C26H28N8O3.C15H16N4O2/c1-17-7-6-11-29-21(17)16-33(14-18-8-2-4-10-28-18)26(36)25(35)31-20-13-30-24(27)19-15-34(32-23(19)20)22-9-3-5-12-37-22;1-11-5-4-8-18-13(11)10-19(15(21)14(16)20)9-12-6-2-3-7-17-12/h2,4,6-8,10-11,13,15,22H,3,5,9,12,14,16H2,1H3,(H2,27,30)(H,31,35);2-8H,9-10H2,1H3,(H2,16,20). The van der Waals surface area contributed by atoms with Gasteiger partial charge >= 0.3 is 23.6 Å². The Morgan fingerprint density at radius 2 is 1.34 bits per heavy atom. The minimum absolute atomic E-state index is 0.145. The van der Waals surface area contributed by atoms with Crippen LogP contribution in [0.25, 0.3) is 10.9 Å². The first-order valence-electron chi connectivity index (χ1n) is 18.6. The van der Waals surface area contributed by atoms with Crippen LogP contribution in [0.1, 0.15) is 59.4 Å². The number of primary amides is 1. The van der Waals surface area contributed by atoms with E-state index in [1.807, 2.05) is 50.2 Å². The Morgan fingerprint density at radius 3 is 1.86 bits per heavy atom. The van der Waals surface area contributed by atoms with Crippen LogP contribution in [0, 0.1) is 13.8 Å². The number of aryl methyl sites for hydroxylation is 2. The molecule has 7 rings (SSSR count). The number of pyridine rings is 5. The number of hydrogen-bond acceptors (Lipinski definition) is 12. The molecule has 1 unspecified atom stereocenters. The molecule has 7 heterocycles. The number of nitrogens with one attached hydrogen (secondary N) is 1. The number of ether oxygens (including phenoxy) is 1. The molecule has 1 saturated heterocycles. The highest BCUT2D eigenvalue weighted by atomic mass is 16.5. The Kier molecular flexibility index (Phi) is 13.4. The maximum atomic E-state index is 13.4. The lowest BCUT2D eigenvalue weighted by Gasteiger charge is -2.22. The highest BCUT2D eigenvalue weighted by molar-refractivity contribution is 6.40. The summed E-state index contributed by atoms with van der Waals surface area (Å²) in [5, 5.41) is 7.88. The molecule has 0 aromatic carbocycles. The van der Waals surface area contributed by atoms with Gasteiger partial charge in [0, 0.05) is 37.6 Å². The minimum Gasteiger partial charge on any atom is -0.383 e. The molecular weight excluding hydrogens is 741 g/mol. The highest BCUT2D eigenvalue weighted by Crippen LogP contribution is 2.29. The third kappa shape index (κ3) is 10.4. The SMILES string of the molecule is Cc1cccnc1CN(Cc1ccccn1)C(=O)C(=O)Nc1cnc(N)c2cn(C3CCCCO3)nc12.Cc1cccnc1CN(Cc1ccccn1)C(=O)C(N)=O. The van der Waals surface area contributed by atoms with Crippen molar-refractivity contribution in [1.29, 1.82) is 0 Å². The van der Waals surface area contributed by atoms with Crippen molar-refractivity contribution < 1.29 is 23.9 Å². The summed E-state index contributed by atoms with van der Waals surface area (Å²) in [6.07, 6.45) is 12.4. The summed E-state index contributed by atoms with van der Waals surface area (Å²) in [6.45, 7) is 5.19. The first-order valence-corrected chi connectivity index (χ1v) is 18.6. The highest BCUT2D eigenvalue weighted by Gasteiger charge is 2.26. The Morgan fingerprint density at radius 1 is 0.759 bits per heavy atom. The molecule has 1 aliphatic heterocycles. The normalized spacial score (nSPS) is 13.5. The number of anilines is 2. The number of carbonyl (C=O) groups excluding carboxylic acids is 4. The smallest absolute Gasteiger partial charge is 0.314 e. The third-order valence-electron chi connectivity index (χ3n) is 9.35. The fourth-order valence-corrected chi connectivity index (χ4v) is 6.19. The second kappa shape index (κ2) is 19.1. The van der Waals surface area contributed by atoms with Gasteiger partial charge in [0.2, 0.25) is 0 Å². The van der Waals surface area contributed by atoms with Gasteiger partial charge in [-0.15, -0.1) is 0 Å². The van der Waals surface area contributed by atoms with E-state index in [1.165, 1.54) is 16.0 Å². The second-order valence-electron chi connectivity index (χ2n) is 13.6. The van der Waals surface area contributed by atoms with Crippen molar-refractivity contribution in [1.82, 2.24) is 44.5 Å². The van der Waals surface area contributed by atoms with E-state index in [1.54, 1.807) is 59.9 Å². The van der Waals surface area contributed by atoms with Gasteiger partial charge in [0.15, 0.2) is 0 Å². The third-order valence-corrected chi connectivity index (χ3v) is 9.35. The van der Waals surface area contributed by atoms with Gasteiger partial charge < -0.3 is 31.3 Å². The molecule has 0 bridgehead atoms. The van der Waals surface area contributed by atoms with Crippen LogP contribution >= 0.6 is 0 Å². The molecule has 4 amide bonds. The number of hydrogen-bond donors (Lipinski definition) is 3. The van der Waals surface area contributed by atoms with Gasteiger partial charge in [-0.25, -0.2) is 9.67 Å². The van der Waals surface area contributed by atoms with Crippen LogP contribution in [0.15, 0.2) is 97.8 Å². The van der Waals surface area contributed by atoms with Gasteiger partial charge in [0.1, 0.15) is 17.6 Å². The fraction of sp³-hybridized carbons (Fsp3) is 0.268. The molecule has 1 fully saturated rings. The first-order chi connectivity index (χ1) is 28.1. The average Bonchev–Trinajstić information content (AvgIpc) is 3.71. The number of nitrogen functional groups attached to an aromatic ring is 1. The molecule has 1 aliphatic rings. The van der Waals surface area contributed by atoms with Gasteiger partial charge in [0.25, 0.3) is 0 Å². The number of fused-ring (bicyclic) bond motifs is 1. The van der Waals surface area contributed by atoms with Crippen LogP contribution in [-0.4, -0.2) is 74.7 Å². The minimum atomic E-state index is -0.987. The maximum absolute atomic E-state index is 13.4. The zero-order valence-electron chi connectivity index (χ0n) is 32.2. The van der Waals surface area contributed by atoms with Crippen molar-refractivity contribution in [2.45, 2.75) is 65.5 Å². The molecule has 17 heteroatoms. The molecule has 0 aliphatic carbocycles. The summed E-state index contributed by atoms with van der Waals surface area (Å²) in [7, 11) is 0. The largest absolute Gasteiger partial charge is 0.383 e. The number of aromatic nitrogens is 7. The van der Waals surface area contributed by atoms with Gasteiger partial charge in [-0.3, -0.25) is 39.1 Å². The Hall–Kier alpha value is -7.14. The summed E-state index contributed by atoms with van der Waals surface area (Å²) < 4.78 is 7.53. The number of carbonyl (C=O) groups is 4. The monoisotopic (exact) mass is 784 g/mol. The summed E-state index contributed by atoms with van der Waals surface area (Å²) in [4.78, 5) is 73.8. The van der Waals surface area contributed by atoms with E-state index in [2.05, 4.69) is 35.3 Å². The van der Waals surface area contributed by atoms with Gasteiger partial charge in [-0.05, 0) is 80.6 Å². The molecule has 0 radical (unpaired) electrons. The van der Waals surface area contributed by atoms with Crippen molar-refractivity contribution >= 4 is 46.0 Å². The predicted molar refractivity (Wildman–Crippen MR) is 214 cm³/mol. The van der Waals surface area contributed by atoms with E-state index < -0.39 is 23.6 Å². The number of nitrogens with two attached hydrogens (primary N) is 2. The zero-order valence-corrected chi connectivity index (χ0v) is 32.2. The van der Waals surface area contributed by atoms with E-state index in [9.17, 15) is 19.2 Å². The van der Waals surface area contributed by atoms with Gasteiger partial charge in [0.05, 0.1) is 66.2 Å². The van der Waals surface area contributed by atoms with Crippen molar-refractivity contribution in [3.05, 3.63) is 132 Å². The Labute approximate surface area is 334 Å². The van der Waals surface area contributed by atoms with Crippen molar-refractivity contribution in [2.75, 3.05) is 17.7 Å². The molecule has 298 valence electrons. The van der Waals surface area contributed by atoms with Crippen LogP contribution < -0.4 is 16.8 Å². The molecule has 58 heavy (non-hydrogen) atoms. The lowest BCUT2D eigenvalue weighted by Crippen LogP contribution is -2.39. The van der Waals surface area contributed by atoms with Crippen molar-refractivity contribution in [2.24, 2.45) is 5.73 Å². The topological polar surface area (TPSA) is 230 Å². The molecule has 1 atom stereocenters. The van der Waals surface area contributed by atoms with E-state index in [-0.39, 0.29) is 38.2 Å². The molecular formula is C41H44N12O5. The molecule has 0 saturated carbocycles. The lowest BCUT2D eigenvalue weighted by molar-refractivity contribution is -0.145. The summed E-state index contributed by atoms with van der Waals surface area (Å²) in [5.41, 5.74) is 16.6. The molecule has 6 aromatic rings. The van der Waals surface area contributed by atoms with E-state index in [0.29, 0.717) is 40.3 Å². The van der Waals surface area contributed by atoms with Crippen LogP contribution in [0.4, 0.5) is 11.5 Å². The number of rotatable bonds is 10. The second-order valence-corrected chi connectivity index (χ2v) is 13.6. The van der Waals surface area contributed by atoms with Crippen LogP contribution in [0.2, 0.25) is 0 Å². The van der Waals surface area contributed by atoms with E-state index in [0.717, 1.165) is 36.1 Å². The van der Waals surface area contributed by atoms with Crippen molar-refractivity contribution in [3.8, 4) is 0 Å². The number of nitrogens with zero attached hydrogens (tertiary/aromatic N) is 9. The lowest BCUT2D eigenvalue weighted by atomic mass is 10.2. The van der Waals surface area contributed by atoms with Crippen LogP contribution in [-0.2, 0) is 50.1 Å². The molecule has 6 aromatic heterocycles. The van der Waals surface area contributed by atoms with Crippen molar-refractivity contribution in [3.63, 3.8) is 0 Å². The Balaban J connectivity index is 0.000000229. The summed E-state index contributed by atoms with van der Waals surface area (Å²) in [6, 6.07) is 18.3. The van der Waals surface area contributed by atoms with E-state index in [4.69, 9.17) is 16.2 Å². The molecule has 0 spiro atoms. The van der Waals surface area contributed by atoms with Gasteiger partial charge in [-0.2, -0.15) is 5.10 Å².